The summed E-state index contributed by atoms with van der Waals surface area (Å²) in [6.45, 7) is 2.02. The highest BCUT2D eigenvalue weighted by Gasteiger charge is 2.09. The number of benzene rings is 1. The van der Waals surface area contributed by atoms with E-state index in [1.165, 1.54) is 7.11 Å². The molecule has 17 heavy (non-hydrogen) atoms. The Balaban J connectivity index is 2.55. The fraction of sp³-hybridized carbons (Fsp3) is 0.250. The Kier molecular flexibility index (Phi) is 3.18. The second kappa shape index (κ2) is 4.78. The third-order valence-electron chi connectivity index (χ3n) is 2.41. The Labute approximate surface area is 99.9 Å². The SMILES string of the molecule is CNc1nc(OC)nc(-c2ccccc2C)n1. The van der Waals surface area contributed by atoms with E-state index in [1.54, 1.807) is 7.05 Å². The number of aryl methyl sites for hydroxylation is 1. The molecule has 0 bridgehead atoms. The van der Waals surface area contributed by atoms with Crippen molar-refractivity contribution in [1.82, 2.24) is 15.0 Å². The lowest BCUT2D eigenvalue weighted by molar-refractivity contribution is 0.379. The molecule has 0 aliphatic carbocycles. The smallest absolute Gasteiger partial charge is 0.321 e. The first-order chi connectivity index (χ1) is 8.24. The number of nitrogens with one attached hydrogen (secondary N) is 1. The predicted octanol–water partition coefficient (Wildman–Crippen LogP) is 1.90. The lowest BCUT2D eigenvalue weighted by Gasteiger charge is -2.07. The Morgan fingerprint density at radius 1 is 1.12 bits per heavy atom. The highest BCUT2D eigenvalue weighted by atomic mass is 16.5. The van der Waals surface area contributed by atoms with Gasteiger partial charge in [0.1, 0.15) is 0 Å². The van der Waals surface area contributed by atoms with E-state index < -0.39 is 0 Å². The minimum absolute atomic E-state index is 0.308. The zero-order valence-electron chi connectivity index (χ0n) is 10.1. The van der Waals surface area contributed by atoms with Crippen molar-refractivity contribution in [1.29, 1.82) is 0 Å². The Morgan fingerprint density at radius 2 is 1.88 bits per heavy atom. The first kappa shape index (κ1) is 11.3. The van der Waals surface area contributed by atoms with Crippen LogP contribution in [0.4, 0.5) is 5.95 Å². The lowest BCUT2D eigenvalue weighted by Crippen LogP contribution is -2.03. The van der Waals surface area contributed by atoms with Crippen LogP contribution in [0.2, 0.25) is 0 Å². The predicted molar refractivity (Wildman–Crippen MR) is 66.1 cm³/mol. The normalized spacial score (nSPS) is 10.1. The van der Waals surface area contributed by atoms with Gasteiger partial charge in [-0.25, -0.2) is 0 Å². The summed E-state index contributed by atoms with van der Waals surface area (Å²) in [7, 11) is 3.30. The first-order valence-corrected chi connectivity index (χ1v) is 5.28. The molecule has 1 N–H and O–H groups in total. The molecule has 2 aromatic rings. The summed E-state index contributed by atoms with van der Waals surface area (Å²) >= 11 is 0. The molecule has 0 aliphatic rings. The largest absolute Gasteiger partial charge is 0.467 e. The lowest BCUT2D eigenvalue weighted by atomic mass is 10.1. The average Bonchev–Trinajstić information content (AvgIpc) is 2.38. The van der Waals surface area contributed by atoms with Crippen LogP contribution in [0.1, 0.15) is 5.56 Å². The molecule has 5 nitrogen and oxygen atoms in total. The van der Waals surface area contributed by atoms with Crippen molar-refractivity contribution in [2.75, 3.05) is 19.5 Å². The van der Waals surface area contributed by atoms with Gasteiger partial charge in [0.2, 0.25) is 5.95 Å². The van der Waals surface area contributed by atoms with E-state index in [4.69, 9.17) is 4.74 Å². The molecule has 2 rings (SSSR count). The summed E-state index contributed by atoms with van der Waals surface area (Å²) in [4.78, 5) is 12.6. The van der Waals surface area contributed by atoms with Crippen LogP contribution in [0, 0.1) is 6.92 Å². The van der Waals surface area contributed by atoms with Crippen LogP contribution in [0.3, 0.4) is 0 Å². The second-order valence-electron chi connectivity index (χ2n) is 3.53. The standard InChI is InChI=1S/C12H14N4O/c1-8-6-4-5-7-9(8)10-14-11(13-2)16-12(15-10)17-3/h4-7H,1-3H3,(H,13,14,15,16). The summed E-state index contributed by atoms with van der Waals surface area (Å²) in [6, 6.07) is 8.24. The molecule has 0 amide bonds. The van der Waals surface area contributed by atoms with Crippen LogP contribution >= 0.6 is 0 Å². The van der Waals surface area contributed by atoms with E-state index in [2.05, 4.69) is 20.3 Å². The fourth-order valence-electron chi connectivity index (χ4n) is 1.50. The molecule has 0 fully saturated rings. The van der Waals surface area contributed by atoms with Gasteiger partial charge in [-0.05, 0) is 12.5 Å². The molecule has 1 aromatic heterocycles. The van der Waals surface area contributed by atoms with Gasteiger partial charge >= 0.3 is 6.01 Å². The number of rotatable bonds is 3. The quantitative estimate of drug-likeness (QED) is 0.872. The highest BCUT2D eigenvalue weighted by molar-refractivity contribution is 5.60. The topological polar surface area (TPSA) is 59.9 Å². The van der Waals surface area contributed by atoms with E-state index >= 15 is 0 Å². The van der Waals surface area contributed by atoms with E-state index in [9.17, 15) is 0 Å². The molecule has 0 saturated carbocycles. The number of hydrogen-bond acceptors (Lipinski definition) is 5. The summed E-state index contributed by atoms with van der Waals surface area (Å²) in [5.41, 5.74) is 2.09. The number of hydrogen-bond donors (Lipinski definition) is 1. The average molecular weight is 230 g/mol. The van der Waals surface area contributed by atoms with Gasteiger partial charge in [-0.1, -0.05) is 24.3 Å². The van der Waals surface area contributed by atoms with Crippen LogP contribution < -0.4 is 10.1 Å². The number of anilines is 1. The van der Waals surface area contributed by atoms with Crippen molar-refractivity contribution in [3.05, 3.63) is 29.8 Å². The zero-order valence-corrected chi connectivity index (χ0v) is 10.1. The molecule has 1 heterocycles. The molecule has 0 unspecified atom stereocenters. The van der Waals surface area contributed by atoms with Gasteiger partial charge in [-0.2, -0.15) is 15.0 Å². The van der Waals surface area contributed by atoms with E-state index in [1.807, 2.05) is 31.2 Å². The Morgan fingerprint density at radius 3 is 2.53 bits per heavy atom. The summed E-state index contributed by atoms with van der Waals surface area (Å²) in [5, 5.41) is 2.89. The second-order valence-corrected chi connectivity index (χ2v) is 3.53. The van der Waals surface area contributed by atoms with Gasteiger partial charge in [-0.15, -0.1) is 0 Å². The number of ether oxygens (including phenoxy) is 1. The maximum absolute atomic E-state index is 5.06. The van der Waals surface area contributed by atoms with Crippen LogP contribution in [-0.4, -0.2) is 29.1 Å². The Hall–Kier alpha value is -2.17. The number of methoxy groups -OCH3 is 1. The molecular weight excluding hydrogens is 216 g/mol. The molecule has 0 atom stereocenters. The summed E-state index contributed by atoms with van der Waals surface area (Å²) in [5.74, 6) is 1.11. The van der Waals surface area contributed by atoms with Gasteiger partial charge in [0.25, 0.3) is 0 Å². The maximum atomic E-state index is 5.06. The van der Waals surface area contributed by atoms with E-state index in [-0.39, 0.29) is 0 Å². The molecule has 88 valence electrons. The van der Waals surface area contributed by atoms with Crippen LogP contribution in [0.5, 0.6) is 6.01 Å². The van der Waals surface area contributed by atoms with Crippen molar-refractivity contribution >= 4 is 5.95 Å². The van der Waals surface area contributed by atoms with Gasteiger partial charge in [0.15, 0.2) is 5.82 Å². The van der Waals surface area contributed by atoms with Crippen molar-refractivity contribution in [2.45, 2.75) is 6.92 Å². The molecule has 5 heteroatoms. The third kappa shape index (κ3) is 2.33. The number of aromatic nitrogens is 3. The van der Waals surface area contributed by atoms with E-state index in [0.29, 0.717) is 17.8 Å². The molecule has 0 spiro atoms. The monoisotopic (exact) mass is 230 g/mol. The summed E-state index contributed by atoms with van der Waals surface area (Å²) < 4.78 is 5.06. The van der Waals surface area contributed by atoms with Gasteiger partial charge in [0.05, 0.1) is 7.11 Å². The maximum Gasteiger partial charge on any atom is 0.321 e. The van der Waals surface area contributed by atoms with Gasteiger partial charge in [-0.3, -0.25) is 0 Å². The fourth-order valence-corrected chi connectivity index (χ4v) is 1.50. The van der Waals surface area contributed by atoms with Gasteiger partial charge in [0, 0.05) is 12.6 Å². The van der Waals surface area contributed by atoms with Crippen molar-refractivity contribution in [3.63, 3.8) is 0 Å². The van der Waals surface area contributed by atoms with Crippen molar-refractivity contribution in [3.8, 4) is 17.4 Å². The van der Waals surface area contributed by atoms with Crippen LogP contribution in [0.25, 0.3) is 11.4 Å². The molecule has 0 saturated heterocycles. The minimum atomic E-state index is 0.308. The first-order valence-electron chi connectivity index (χ1n) is 5.28. The zero-order chi connectivity index (χ0) is 12.3. The molecular formula is C12H14N4O. The Bertz CT molecular complexity index is 505. The van der Waals surface area contributed by atoms with E-state index in [0.717, 1.165) is 11.1 Å². The molecule has 1 aromatic carbocycles. The van der Waals surface area contributed by atoms with Crippen molar-refractivity contribution in [2.24, 2.45) is 0 Å². The number of nitrogens with zero attached hydrogens (tertiary/aromatic N) is 3. The molecule has 0 radical (unpaired) electrons. The van der Waals surface area contributed by atoms with Crippen LogP contribution in [-0.2, 0) is 0 Å². The van der Waals surface area contributed by atoms with Crippen LogP contribution in [0.15, 0.2) is 24.3 Å². The minimum Gasteiger partial charge on any atom is -0.467 e. The highest BCUT2D eigenvalue weighted by Crippen LogP contribution is 2.21. The molecule has 0 aliphatic heterocycles. The third-order valence-corrected chi connectivity index (χ3v) is 2.41. The van der Waals surface area contributed by atoms with Gasteiger partial charge < -0.3 is 10.1 Å². The van der Waals surface area contributed by atoms with Crippen molar-refractivity contribution < 1.29 is 4.74 Å². The summed E-state index contributed by atoms with van der Waals surface area (Å²) in [6.07, 6.45) is 0.